The smallest absolute Gasteiger partial charge is 0.411 e. The summed E-state index contributed by atoms with van der Waals surface area (Å²) in [5.41, 5.74) is 4.92. The van der Waals surface area contributed by atoms with Crippen molar-refractivity contribution in [2.45, 2.75) is 12.3 Å². The van der Waals surface area contributed by atoms with Crippen molar-refractivity contribution in [3.05, 3.63) is 88.4 Å². The number of carboxylic acid groups (broad SMARTS) is 1. The minimum absolute atomic E-state index is 0.00800. The average molecular weight is 465 g/mol. The molecule has 0 saturated carbocycles. The first-order chi connectivity index (χ1) is 15.9. The van der Waals surface area contributed by atoms with Crippen molar-refractivity contribution < 1.29 is 24.2 Å². The van der Waals surface area contributed by atoms with E-state index in [2.05, 4.69) is 22.8 Å². The Hall–Kier alpha value is -3.84. The monoisotopic (exact) mass is 464 g/mol. The van der Waals surface area contributed by atoms with Crippen LogP contribution >= 0.6 is 11.6 Å². The summed E-state index contributed by atoms with van der Waals surface area (Å²) >= 11 is 6.17. The lowest BCUT2D eigenvalue weighted by atomic mass is 9.98. The van der Waals surface area contributed by atoms with Crippen LogP contribution in [-0.2, 0) is 9.53 Å². The molecule has 0 bridgehead atoms. The number of halogens is 1. The Bertz CT molecular complexity index is 1180. The third kappa shape index (κ3) is 4.99. The maximum atomic E-state index is 12.5. The minimum Gasteiger partial charge on any atom is -0.481 e. The van der Waals surface area contributed by atoms with E-state index in [1.54, 1.807) is 0 Å². The SMILES string of the molecule is O=C(O)CCNC(=O)c1ccc(Cl)c(NC(=O)OCC2c3ccccc3-c3ccccc32)c1. The van der Waals surface area contributed by atoms with Crippen molar-refractivity contribution in [3.63, 3.8) is 0 Å². The number of aliphatic carboxylic acids is 1. The molecular weight excluding hydrogens is 444 g/mol. The summed E-state index contributed by atoms with van der Waals surface area (Å²) in [5.74, 6) is -1.56. The van der Waals surface area contributed by atoms with Gasteiger partial charge in [-0.2, -0.15) is 0 Å². The van der Waals surface area contributed by atoms with Crippen LogP contribution in [0.25, 0.3) is 11.1 Å². The van der Waals surface area contributed by atoms with E-state index < -0.39 is 18.0 Å². The average Bonchev–Trinajstić information content (AvgIpc) is 3.12. The highest BCUT2D eigenvalue weighted by atomic mass is 35.5. The van der Waals surface area contributed by atoms with Crippen LogP contribution in [0.1, 0.15) is 33.8 Å². The second-order valence-corrected chi connectivity index (χ2v) is 7.95. The topological polar surface area (TPSA) is 105 Å². The maximum absolute atomic E-state index is 12.5. The van der Waals surface area contributed by atoms with Crippen LogP contribution in [0.2, 0.25) is 5.02 Å². The van der Waals surface area contributed by atoms with Gasteiger partial charge in [0.05, 0.1) is 17.1 Å². The Morgan fingerprint density at radius 3 is 2.21 bits per heavy atom. The van der Waals surface area contributed by atoms with Crippen LogP contribution in [0.3, 0.4) is 0 Å². The number of fused-ring (bicyclic) bond motifs is 3. The number of carbonyl (C=O) groups is 3. The predicted molar refractivity (Wildman–Crippen MR) is 125 cm³/mol. The molecule has 1 aliphatic carbocycles. The molecule has 168 valence electrons. The van der Waals surface area contributed by atoms with Crippen molar-refractivity contribution in [1.29, 1.82) is 0 Å². The van der Waals surface area contributed by atoms with E-state index in [1.165, 1.54) is 18.2 Å². The number of carboxylic acids is 1. The molecule has 0 fully saturated rings. The first kappa shape index (κ1) is 22.4. The summed E-state index contributed by atoms with van der Waals surface area (Å²) in [7, 11) is 0. The number of benzene rings is 3. The molecule has 33 heavy (non-hydrogen) atoms. The molecule has 1 aliphatic rings. The summed E-state index contributed by atoms with van der Waals surface area (Å²) in [6, 6.07) is 20.5. The number of amides is 2. The number of anilines is 1. The second-order valence-electron chi connectivity index (χ2n) is 7.54. The van der Waals surface area contributed by atoms with Crippen LogP contribution in [0.4, 0.5) is 10.5 Å². The largest absolute Gasteiger partial charge is 0.481 e. The highest BCUT2D eigenvalue weighted by Gasteiger charge is 2.29. The van der Waals surface area contributed by atoms with E-state index in [-0.39, 0.29) is 41.8 Å². The molecule has 0 atom stereocenters. The number of rotatable bonds is 7. The van der Waals surface area contributed by atoms with Crippen LogP contribution in [-0.4, -0.2) is 36.2 Å². The molecule has 0 heterocycles. The van der Waals surface area contributed by atoms with Gasteiger partial charge < -0.3 is 15.2 Å². The zero-order valence-corrected chi connectivity index (χ0v) is 18.3. The number of carbonyl (C=O) groups excluding carboxylic acids is 2. The first-order valence-electron chi connectivity index (χ1n) is 10.4. The van der Waals surface area contributed by atoms with Crippen molar-refractivity contribution in [2.24, 2.45) is 0 Å². The Balaban J connectivity index is 1.41. The molecule has 0 aliphatic heterocycles. The number of nitrogens with one attached hydrogen (secondary N) is 2. The summed E-state index contributed by atoms with van der Waals surface area (Å²) in [6.07, 6.45) is -0.883. The third-order valence-electron chi connectivity index (χ3n) is 5.43. The second kappa shape index (κ2) is 9.75. The quantitative estimate of drug-likeness (QED) is 0.461. The molecule has 0 saturated heterocycles. The highest BCUT2D eigenvalue weighted by molar-refractivity contribution is 6.33. The molecule has 2 amide bonds. The molecule has 7 nitrogen and oxygen atoms in total. The van der Waals surface area contributed by atoms with Crippen molar-refractivity contribution in [2.75, 3.05) is 18.5 Å². The van der Waals surface area contributed by atoms with Gasteiger partial charge in [0.2, 0.25) is 0 Å². The Morgan fingerprint density at radius 1 is 0.939 bits per heavy atom. The van der Waals surface area contributed by atoms with Gasteiger partial charge in [0.25, 0.3) is 5.91 Å². The summed E-state index contributed by atoms with van der Waals surface area (Å²) in [6.45, 7) is 0.138. The standard InChI is InChI=1S/C25H21ClN2O5/c26-21-10-9-15(24(31)27-12-11-23(29)30)13-22(21)28-25(32)33-14-20-18-7-3-1-5-16(18)17-6-2-4-8-19(17)20/h1-10,13,20H,11-12,14H2,(H,27,31)(H,28,32)(H,29,30). The number of hydrogen-bond acceptors (Lipinski definition) is 4. The van der Waals surface area contributed by atoms with Crippen molar-refractivity contribution in [1.82, 2.24) is 5.32 Å². The van der Waals surface area contributed by atoms with Crippen molar-refractivity contribution >= 4 is 35.3 Å². The lowest BCUT2D eigenvalue weighted by Crippen LogP contribution is -2.26. The molecule has 3 N–H and O–H groups in total. The van der Waals surface area contributed by atoms with Crippen LogP contribution < -0.4 is 10.6 Å². The molecular formula is C25H21ClN2O5. The van der Waals surface area contributed by atoms with E-state index in [0.717, 1.165) is 22.3 Å². The molecule has 4 rings (SSSR count). The highest BCUT2D eigenvalue weighted by Crippen LogP contribution is 2.44. The van der Waals surface area contributed by atoms with E-state index in [1.807, 2.05) is 36.4 Å². The summed E-state index contributed by atoms with van der Waals surface area (Å²) in [4.78, 5) is 35.3. The van der Waals surface area contributed by atoms with Gasteiger partial charge in [-0.05, 0) is 40.5 Å². The Kier molecular flexibility index (Phi) is 6.60. The van der Waals surface area contributed by atoms with Gasteiger partial charge in [-0.25, -0.2) is 4.79 Å². The van der Waals surface area contributed by atoms with Crippen molar-refractivity contribution in [3.8, 4) is 11.1 Å². The van der Waals surface area contributed by atoms with E-state index in [4.69, 9.17) is 21.4 Å². The first-order valence-corrected chi connectivity index (χ1v) is 10.7. The molecule has 0 unspecified atom stereocenters. The fourth-order valence-corrected chi connectivity index (χ4v) is 4.06. The Morgan fingerprint density at radius 2 is 1.58 bits per heavy atom. The predicted octanol–water partition coefficient (Wildman–Crippen LogP) is 4.91. The van der Waals surface area contributed by atoms with Crippen LogP contribution in [0.15, 0.2) is 66.7 Å². The molecule has 0 spiro atoms. The van der Waals surface area contributed by atoms with Gasteiger partial charge >= 0.3 is 12.1 Å². The van der Waals surface area contributed by atoms with Gasteiger partial charge in [0.1, 0.15) is 6.61 Å². The van der Waals surface area contributed by atoms with E-state index in [0.29, 0.717) is 0 Å². The summed E-state index contributed by atoms with van der Waals surface area (Å²) in [5, 5.41) is 14.0. The van der Waals surface area contributed by atoms with E-state index >= 15 is 0 Å². The van der Waals surface area contributed by atoms with Crippen LogP contribution in [0, 0.1) is 0 Å². The van der Waals surface area contributed by atoms with Crippen LogP contribution in [0.5, 0.6) is 0 Å². The maximum Gasteiger partial charge on any atom is 0.411 e. The fraction of sp³-hybridized carbons (Fsp3) is 0.160. The van der Waals surface area contributed by atoms with E-state index in [9.17, 15) is 14.4 Å². The zero-order valence-electron chi connectivity index (χ0n) is 17.5. The lowest BCUT2D eigenvalue weighted by molar-refractivity contribution is -0.136. The number of hydrogen-bond donors (Lipinski definition) is 3. The molecule has 0 aromatic heterocycles. The van der Waals surface area contributed by atoms with Gasteiger partial charge in [-0.15, -0.1) is 0 Å². The fourth-order valence-electron chi connectivity index (χ4n) is 3.89. The van der Waals surface area contributed by atoms with Gasteiger partial charge in [0.15, 0.2) is 0 Å². The summed E-state index contributed by atoms with van der Waals surface area (Å²) < 4.78 is 5.52. The Labute approximate surface area is 195 Å². The minimum atomic E-state index is -1.01. The third-order valence-corrected chi connectivity index (χ3v) is 5.76. The number of ether oxygens (including phenoxy) is 1. The molecule has 3 aromatic carbocycles. The molecule has 0 radical (unpaired) electrons. The molecule has 8 heteroatoms. The van der Waals surface area contributed by atoms with Gasteiger partial charge in [-0.1, -0.05) is 60.1 Å². The van der Waals surface area contributed by atoms with Gasteiger partial charge in [0, 0.05) is 18.0 Å². The lowest BCUT2D eigenvalue weighted by Gasteiger charge is -2.15. The molecule has 3 aromatic rings. The normalized spacial score (nSPS) is 11.9. The van der Waals surface area contributed by atoms with Gasteiger partial charge in [-0.3, -0.25) is 14.9 Å². The zero-order chi connectivity index (χ0) is 23.4.